The average molecular weight is 529 g/mol. The normalized spacial score (nSPS) is 16.4. The molecule has 168 valence electrons. The van der Waals surface area contributed by atoms with Gasteiger partial charge in [-0.15, -0.1) is 24.0 Å². The number of nitrogens with zero attached hydrogens (tertiary/aromatic N) is 2. The van der Waals surface area contributed by atoms with Gasteiger partial charge in [0, 0.05) is 43.2 Å². The third-order valence-corrected chi connectivity index (χ3v) is 4.84. The highest BCUT2D eigenvalue weighted by molar-refractivity contribution is 14.0. The van der Waals surface area contributed by atoms with Gasteiger partial charge in [-0.05, 0) is 31.0 Å². The van der Waals surface area contributed by atoms with Crippen LogP contribution in [0.2, 0.25) is 0 Å². The van der Waals surface area contributed by atoms with Crippen molar-refractivity contribution in [2.75, 3.05) is 25.0 Å². The van der Waals surface area contributed by atoms with Crippen LogP contribution in [0.4, 0.5) is 5.69 Å². The summed E-state index contributed by atoms with van der Waals surface area (Å²) in [6.07, 6.45) is 0.924. The zero-order valence-corrected chi connectivity index (χ0v) is 21.0. The van der Waals surface area contributed by atoms with Crippen molar-refractivity contribution >= 4 is 47.4 Å². The molecule has 3 N–H and O–H groups in total. The highest BCUT2D eigenvalue weighted by Gasteiger charge is 2.27. The van der Waals surface area contributed by atoms with E-state index in [4.69, 9.17) is 0 Å². The van der Waals surface area contributed by atoms with Crippen LogP contribution >= 0.6 is 24.0 Å². The molecule has 0 aliphatic carbocycles. The molecule has 1 aliphatic rings. The average Bonchev–Trinajstić information content (AvgIpc) is 3.15. The van der Waals surface area contributed by atoms with Crippen LogP contribution in [0.1, 0.15) is 46.6 Å². The molecular weight excluding hydrogens is 493 g/mol. The summed E-state index contributed by atoms with van der Waals surface area (Å²) < 4.78 is 0. The van der Waals surface area contributed by atoms with Gasteiger partial charge in [-0.1, -0.05) is 39.8 Å². The van der Waals surface area contributed by atoms with Crippen LogP contribution < -0.4 is 16.0 Å². The molecule has 0 saturated carbocycles. The van der Waals surface area contributed by atoms with E-state index in [1.807, 2.05) is 63.8 Å². The first-order chi connectivity index (χ1) is 13.8. The van der Waals surface area contributed by atoms with E-state index in [1.54, 1.807) is 0 Å². The van der Waals surface area contributed by atoms with Gasteiger partial charge in [0.2, 0.25) is 11.8 Å². The summed E-state index contributed by atoms with van der Waals surface area (Å²) in [7, 11) is 0. The smallest absolute Gasteiger partial charge is 0.226 e. The van der Waals surface area contributed by atoms with E-state index in [2.05, 4.69) is 20.9 Å². The molecule has 30 heavy (non-hydrogen) atoms. The van der Waals surface area contributed by atoms with Crippen LogP contribution in [0.3, 0.4) is 0 Å². The number of carbonyl (C=O) groups excluding carboxylic acids is 2. The Bertz CT molecular complexity index is 719. The molecule has 0 spiro atoms. The van der Waals surface area contributed by atoms with Crippen molar-refractivity contribution in [1.82, 2.24) is 15.5 Å². The molecule has 1 aromatic carbocycles. The molecule has 1 aliphatic heterocycles. The molecule has 2 amide bonds. The Morgan fingerprint density at radius 3 is 2.37 bits per heavy atom. The first-order valence-corrected chi connectivity index (χ1v) is 10.5. The van der Waals surface area contributed by atoms with Gasteiger partial charge >= 0.3 is 0 Å². The maximum Gasteiger partial charge on any atom is 0.226 e. The van der Waals surface area contributed by atoms with Crippen molar-refractivity contribution in [1.29, 1.82) is 0 Å². The SMILES string of the molecule is CCNC(=NCc1ccc(NC(=O)C(C)C)cc1)NC1CCN(C(=O)C(C)C)C1.I. The zero-order chi connectivity index (χ0) is 21.4. The van der Waals surface area contributed by atoms with Gasteiger partial charge in [-0.2, -0.15) is 0 Å². The summed E-state index contributed by atoms with van der Waals surface area (Å²) in [4.78, 5) is 30.5. The van der Waals surface area contributed by atoms with Gasteiger partial charge in [-0.25, -0.2) is 4.99 Å². The number of aliphatic imine (C=N–C) groups is 1. The summed E-state index contributed by atoms with van der Waals surface area (Å²) >= 11 is 0. The Labute approximate surface area is 197 Å². The number of guanidine groups is 1. The highest BCUT2D eigenvalue weighted by Crippen LogP contribution is 2.14. The quantitative estimate of drug-likeness (QED) is 0.288. The Kier molecular flexibility index (Phi) is 11.1. The minimum absolute atomic E-state index is 0. The number of likely N-dealkylation sites (tertiary alicyclic amines) is 1. The van der Waals surface area contributed by atoms with Crippen LogP contribution in [-0.2, 0) is 16.1 Å². The van der Waals surface area contributed by atoms with Crippen molar-refractivity contribution in [2.24, 2.45) is 16.8 Å². The minimum Gasteiger partial charge on any atom is -0.357 e. The molecular formula is C22H36IN5O2. The van der Waals surface area contributed by atoms with Crippen molar-refractivity contribution in [3.8, 4) is 0 Å². The highest BCUT2D eigenvalue weighted by atomic mass is 127. The predicted molar refractivity (Wildman–Crippen MR) is 133 cm³/mol. The Morgan fingerprint density at radius 1 is 1.13 bits per heavy atom. The first-order valence-electron chi connectivity index (χ1n) is 10.5. The van der Waals surface area contributed by atoms with Crippen molar-refractivity contribution in [2.45, 2.75) is 53.6 Å². The molecule has 0 aromatic heterocycles. The fraction of sp³-hybridized carbons (Fsp3) is 0.591. The van der Waals surface area contributed by atoms with E-state index in [9.17, 15) is 9.59 Å². The number of carbonyl (C=O) groups is 2. The second kappa shape index (κ2) is 12.8. The van der Waals surface area contributed by atoms with E-state index in [0.717, 1.165) is 36.7 Å². The lowest BCUT2D eigenvalue weighted by atomic mass is 10.1. The molecule has 7 nitrogen and oxygen atoms in total. The molecule has 0 bridgehead atoms. The lowest BCUT2D eigenvalue weighted by molar-refractivity contribution is -0.133. The molecule has 8 heteroatoms. The number of hydrogen-bond donors (Lipinski definition) is 3. The number of anilines is 1. The van der Waals surface area contributed by atoms with Gasteiger partial charge in [-0.3, -0.25) is 9.59 Å². The van der Waals surface area contributed by atoms with E-state index in [1.165, 1.54) is 0 Å². The Balaban J connectivity index is 0.00000450. The zero-order valence-electron chi connectivity index (χ0n) is 18.7. The van der Waals surface area contributed by atoms with Crippen LogP contribution in [0.5, 0.6) is 0 Å². The first kappa shape index (κ1) is 26.2. The lowest BCUT2D eigenvalue weighted by Crippen LogP contribution is -2.45. The van der Waals surface area contributed by atoms with E-state index >= 15 is 0 Å². The Morgan fingerprint density at radius 2 is 1.80 bits per heavy atom. The molecule has 1 aromatic rings. The van der Waals surface area contributed by atoms with E-state index in [-0.39, 0.29) is 53.7 Å². The van der Waals surface area contributed by atoms with Crippen LogP contribution in [-0.4, -0.2) is 48.3 Å². The topological polar surface area (TPSA) is 85.8 Å². The summed E-state index contributed by atoms with van der Waals surface area (Å²) in [5.74, 6) is 0.963. The van der Waals surface area contributed by atoms with Gasteiger partial charge in [0.05, 0.1) is 6.54 Å². The maximum absolute atomic E-state index is 12.2. The molecule has 1 fully saturated rings. The van der Waals surface area contributed by atoms with Crippen molar-refractivity contribution in [3.05, 3.63) is 29.8 Å². The lowest BCUT2D eigenvalue weighted by Gasteiger charge is -2.20. The third-order valence-electron chi connectivity index (χ3n) is 4.84. The predicted octanol–water partition coefficient (Wildman–Crippen LogP) is 3.21. The van der Waals surface area contributed by atoms with Crippen molar-refractivity contribution in [3.63, 3.8) is 0 Å². The van der Waals surface area contributed by atoms with Gasteiger partial charge in [0.25, 0.3) is 0 Å². The number of amides is 2. The largest absolute Gasteiger partial charge is 0.357 e. The summed E-state index contributed by atoms with van der Waals surface area (Å²) in [5.41, 5.74) is 1.86. The van der Waals surface area contributed by atoms with Crippen molar-refractivity contribution < 1.29 is 9.59 Å². The second-order valence-electron chi connectivity index (χ2n) is 8.10. The summed E-state index contributed by atoms with van der Waals surface area (Å²) in [6.45, 7) is 12.5. The molecule has 0 radical (unpaired) electrons. The fourth-order valence-electron chi connectivity index (χ4n) is 3.11. The van der Waals surface area contributed by atoms with E-state index < -0.39 is 0 Å². The van der Waals surface area contributed by atoms with E-state index in [0.29, 0.717) is 13.1 Å². The maximum atomic E-state index is 12.2. The number of halogens is 1. The second-order valence-corrected chi connectivity index (χ2v) is 8.10. The standard InChI is InChI=1S/C22H35N5O2.HI/c1-6-23-22(26-19-11-12-27(14-19)21(29)16(4)5)24-13-17-7-9-18(10-8-17)25-20(28)15(2)3;/h7-10,15-16,19H,6,11-14H2,1-5H3,(H,25,28)(H2,23,24,26);1H. The third kappa shape index (κ3) is 8.12. The van der Waals surface area contributed by atoms with Crippen LogP contribution in [0.25, 0.3) is 0 Å². The van der Waals surface area contributed by atoms with Gasteiger partial charge < -0.3 is 20.9 Å². The minimum atomic E-state index is -0.0460. The number of nitrogens with one attached hydrogen (secondary N) is 3. The summed E-state index contributed by atoms with van der Waals surface area (Å²) in [6, 6.07) is 7.96. The van der Waals surface area contributed by atoms with Gasteiger partial charge in [0.1, 0.15) is 0 Å². The fourth-order valence-corrected chi connectivity index (χ4v) is 3.11. The molecule has 1 atom stereocenters. The number of benzene rings is 1. The monoisotopic (exact) mass is 529 g/mol. The van der Waals surface area contributed by atoms with Crippen LogP contribution in [0.15, 0.2) is 29.3 Å². The Hall–Kier alpha value is -1.84. The number of hydrogen-bond acceptors (Lipinski definition) is 3. The number of rotatable bonds is 7. The molecule has 2 rings (SSSR count). The molecule has 1 heterocycles. The molecule has 1 saturated heterocycles. The van der Waals surface area contributed by atoms with Gasteiger partial charge in [0.15, 0.2) is 5.96 Å². The molecule has 1 unspecified atom stereocenters. The van der Waals surface area contributed by atoms with Crippen LogP contribution in [0, 0.1) is 11.8 Å². The summed E-state index contributed by atoms with van der Waals surface area (Å²) in [5, 5.41) is 9.62.